The number of hydrogen-bond acceptors (Lipinski definition) is 5. The molecule has 0 aliphatic carbocycles. The first-order chi connectivity index (χ1) is 7.17. The second-order valence-corrected chi connectivity index (χ2v) is 3.62. The first-order valence-corrected chi connectivity index (χ1v) is 5.21. The topological polar surface area (TPSA) is 73.1 Å². The van der Waals surface area contributed by atoms with Crippen LogP contribution < -0.4 is 16.0 Å². The monoisotopic (exact) mass is 230 g/mol. The second-order valence-electron chi connectivity index (χ2n) is 3.21. The van der Waals surface area contributed by atoms with Crippen molar-refractivity contribution in [3.05, 3.63) is 11.2 Å². The Balaban J connectivity index is 2.74. The SMILES string of the molecule is CCCC(C)Oc1nc(NN)ncc1Cl. The van der Waals surface area contributed by atoms with Gasteiger partial charge in [0.05, 0.1) is 12.3 Å². The average molecular weight is 231 g/mol. The smallest absolute Gasteiger partial charge is 0.240 e. The minimum absolute atomic E-state index is 0.0769. The van der Waals surface area contributed by atoms with Crippen LogP contribution in [0.3, 0.4) is 0 Å². The molecular weight excluding hydrogens is 216 g/mol. The van der Waals surface area contributed by atoms with Gasteiger partial charge in [0.25, 0.3) is 0 Å². The molecule has 84 valence electrons. The summed E-state index contributed by atoms with van der Waals surface area (Å²) < 4.78 is 5.55. The van der Waals surface area contributed by atoms with E-state index in [9.17, 15) is 0 Å². The maximum Gasteiger partial charge on any atom is 0.240 e. The highest BCUT2D eigenvalue weighted by molar-refractivity contribution is 6.31. The van der Waals surface area contributed by atoms with Crippen LogP contribution >= 0.6 is 11.6 Å². The molecule has 0 spiro atoms. The second kappa shape index (κ2) is 5.72. The van der Waals surface area contributed by atoms with Crippen LogP contribution in [0.25, 0.3) is 0 Å². The maximum absolute atomic E-state index is 5.88. The van der Waals surface area contributed by atoms with E-state index in [2.05, 4.69) is 22.3 Å². The van der Waals surface area contributed by atoms with E-state index in [-0.39, 0.29) is 12.1 Å². The molecule has 0 fully saturated rings. The fraction of sp³-hybridized carbons (Fsp3) is 0.556. The van der Waals surface area contributed by atoms with Gasteiger partial charge in [0, 0.05) is 0 Å². The van der Waals surface area contributed by atoms with Gasteiger partial charge in [-0.1, -0.05) is 24.9 Å². The Morgan fingerprint density at radius 1 is 1.67 bits per heavy atom. The summed E-state index contributed by atoms with van der Waals surface area (Å²) in [6.45, 7) is 4.06. The van der Waals surface area contributed by atoms with Crippen molar-refractivity contribution in [3.8, 4) is 5.88 Å². The molecular formula is C9H15ClN4O. The molecule has 0 aromatic carbocycles. The number of ether oxygens (including phenoxy) is 1. The Morgan fingerprint density at radius 3 is 3.00 bits per heavy atom. The van der Waals surface area contributed by atoms with Crippen LogP contribution in [0.2, 0.25) is 5.02 Å². The van der Waals surface area contributed by atoms with Gasteiger partial charge in [-0.2, -0.15) is 4.98 Å². The van der Waals surface area contributed by atoms with E-state index in [0.29, 0.717) is 10.9 Å². The number of nitrogens with zero attached hydrogens (tertiary/aromatic N) is 2. The number of halogens is 1. The van der Waals surface area contributed by atoms with Gasteiger partial charge in [0.1, 0.15) is 5.02 Å². The summed E-state index contributed by atoms with van der Waals surface area (Å²) in [4.78, 5) is 7.86. The van der Waals surface area contributed by atoms with Crippen molar-refractivity contribution in [1.29, 1.82) is 0 Å². The van der Waals surface area contributed by atoms with E-state index >= 15 is 0 Å². The Bertz CT molecular complexity index is 321. The molecule has 0 saturated carbocycles. The maximum atomic E-state index is 5.88. The van der Waals surface area contributed by atoms with Crippen molar-refractivity contribution in [3.63, 3.8) is 0 Å². The normalized spacial score (nSPS) is 12.3. The van der Waals surface area contributed by atoms with Gasteiger partial charge in [0.15, 0.2) is 0 Å². The summed E-state index contributed by atoms with van der Waals surface area (Å²) in [7, 11) is 0. The third kappa shape index (κ3) is 3.53. The molecule has 0 bridgehead atoms. The average Bonchev–Trinajstić information content (AvgIpc) is 2.21. The molecule has 0 aliphatic heterocycles. The summed E-state index contributed by atoms with van der Waals surface area (Å²) in [5.41, 5.74) is 2.34. The molecule has 1 aromatic rings. The molecule has 15 heavy (non-hydrogen) atoms. The molecule has 3 N–H and O–H groups in total. The number of nitrogens with two attached hydrogens (primary N) is 1. The molecule has 5 nitrogen and oxygen atoms in total. The lowest BCUT2D eigenvalue weighted by Crippen LogP contribution is -2.15. The van der Waals surface area contributed by atoms with Gasteiger partial charge < -0.3 is 4.74 Å². The van der Waals surface area contributed by atoms with Crippen LogP contribution in [0.5, 0.6) is 5.88 Å². The van der Waals surface area contributed by atoms with Gasteiger partial charge in [-0.3, -0.25) is 5.43 Å². The molecule has 1 heterocycles. The van der Waals surface area contributed by atoms with Crippen molar-refractivity contribution < 1.29 is 4.74 Å². The zero-order valence-electron chi connectivity index (χ0n) is 8.83. The standard InChI is InChI=1S/C9H15ClN4O/c1-3-4-6(2)15-8-7(10)5-12-9(13-8)14-11/h5-6H,3-4,11H2,1-2H3,(H,12,13,14). The lowest BCUT2D eigenvalue weighted by Gasteiger charge is -2.13. The van der Waals surface area contributed by atoms with Gasteiger partial charge in [-0.15, -0.1) is 0 Å². The highest BCUT2D eigenvalue weighted by Crippen LogP contribution is 2.23. The Morgan fingerprint density at radius 2 is 2.40 bits per heavy atom. The summed E-state index contributed by atoms with van der Waals surface area (Å²) in [6.07, 6.45) is 3.53. The quantitative estimate of drug-likeness (QED) is 0.598. The first kappa shape index (κ1) is 12.0. The number of nitrogen functional groups attached to an aromatic ring is 1. The highest BCUT2D eigenvalue weighted by Gasteiger charge is 2.09. The fourth-order valence-corrected chi connectivity index (χ4v) is 1.30. The van der Waals surface area contributed by atoms with Crippen molar-refractivity contribution in [2.24, 2.45) is 5.84 Å². The van der Waals surface area contributed by atoms with Crippen LogP contribution in [0.15, 0.2) is 6.20 Å². The highest BCUT2D eigenvalue weighted by atomic mass is 35.5. The minimum Gasteiger partial charge on any atom is -0.473 e. The third-order valence-corrected chi connectivity index (χ3v) is 2.11. The van der Waals surface area contributed by atoms with E-state index in [0.717, 1.165) is 12.8 Å². The zero-order chi connectivity index (χ0) is 11.3. The van der Waals surface area contributed by atoms with Crippen molar-refractivity contribution in [2.75, 3.05) is 5.43 Å². The molecule has 1 unspecified atom stereocenters. The Kier molecular flexibility index (Phi) is 4.58. The Hall–Kier alpha value is -1.07. The zero-order valence-corrected chi connectivity index (χ0v) is 9.58. The predicted octanol–water partition coefficient (Wildman–Crippen LogP) is 1.98. The molecule has 6 heteroatoms. The summed E-state index contributed by atoms with van der Waals surface area (Å²) in [5.74, 6) is 5.84. The number of rotatable bonds is 5. The summed E-state index contributed by atoms with van der Waals surface area (Å²) in [6, 6.07) is 0. The van der Waals surface area contributed by atoms with Crippen LogP contribution in [0.4, 0.5) is 5.95 Å². The van der Waals surface area contributed by atoms with E-state index in [1.165, 1.54) is 6.20 Å². The lowest BCUT2D eigenvalue weighted by molar-refractivity contribution is 0.201. The molecule has 0 amide bonds. The number of nitrogens with one attached hydrogen (secondary N) is 1. The van der Waals surface area contributed by atoms with Gasteiger partial charge >= 0.3 is 0 Å². The van der Waals surface area contributed by atoms with Crippen LogP contribution in [-0.2, 0) is 0 Å². The van der Waals surface area contributed by atoms with E-state index in [4.69, 9.17) is 22.2 Å². The van der Waals surface area contributed by atoms with Gasteiger partial charge in [0.2, 0.25) is 11.8 Å². The van der Waals surface area contributed by atoms with E-state index in [1.54, 1.807) is 0 Å². The van der Waals surface area contributed by atoms with Crippen LogP contribution in [-0.4, -0.2) is 16.1 Å². The lowest BCUT2D eigenvalue weighted by atomic mass is 10.2. The van der Waals surface area contributed by atoms with Crippen LogP contribution in [0, 0.1) is 0 Å². The minimum atomic E-state index is 0.0769. The van der Waals surface area contributed by atoms with E-state index in [1.807, 2.05) is 6.92 Å². The third-order valence-electron chi connectivity index (χ3n) is 1.85. The van der Waals surface area contributed by atoms with Crippen molar-refractivity contribution >= 4 is 17.5 Å². The number of aromatic nitrogens is 2. The van der Waals surface area contributed by atoms with E-state index < -0.39 is 0 Å². The Labute approximate surface area is 94.0 Å². The molecule has 1 atom stereocenters. The fourth-order valence-electron chi connectivity index (χ4n) is 1.16. The van der Waals surface area contributed by atoms with Crippen molar-refractivity contribution in [2.45, 2.75) is 32.8 Å². The summed E-state index contributed by atoms with van der Waals surface area (Å²) in [5, 5.41) is 0.386. The number of anilines is 1. The predicted molar refractivity (Wildman–Crippen MR) is 59.9 cm³/mol. The number of hydrogen-bond donors (Lipinski definition) is 2. The summed E-state index contributed by atoms with van der Waals surface area (Å²) >= 11 is 5.88. The van der Waals surface area contributed by atoms with Gasteiger partial charge in [-0.25, -0.2) is 10.8 Å². The largest absolute Gasteiger partial charge is 0.473 e. The molecule has 0 radical (unpaired) electrons. The van der Waals surface area contributed by atoms with Gasteiger partial charge in [-0.05, 0) is 13.3 Å². The molecule has 0 saturated heterocycles. The molecule has 1 aromatic heterocycles. The molecule has 1 rings (SSSR count). The first-order valence-electron chi connectivity index (χ1n) is 4.83. The van der Waals surface area contributed by atoms with Crippen LogP contribution in [0.1, 0.15) is 26.7 Å². The van der Waals surface area contributed by atoms with Crippen molar-refractivity contribution in [1.82, 2.24) is 9.97 Å². The number of hydrazine groups is 1. The molecule has 0 aliphatic rings.